The zero-order valence-corrected chi connectivity index (χ0v) is 14.4. The first-order valence-electron chi connectivity index (χ1n) is 8.04. The molecule has 0 fully saturated rings. The Kier molecular flexibility index (Phi) is 7.03. The maximum Gasteiger partial charge on any atom is 0.319 e. The average molecular weight is 320 g/mol. The van der Waals surface area contributed by atoms with Crippen molar-refractivity contribution in [2.75, 3.05) is 11.9 Å². The van der Waals surface area contributed by atoms with Crippen LogP contribution in [0.15, 0.2) is 24.3 Å². The summed E-state index contributed by atoms with van der Waals surface area (Å²) in [5.74, 6) is -0.199. The molecule has 1 aromatic carbocycles. The van der Waals surface area contributed by atoms with Crippen LogP contribution in [0.2, 0.25) is 0 Å². The van der Waals surface area contributed by atoms with Crippen LogP contribution in [0.4, 0.5) is 10.5 Å². The normalized spacial score (nSPS) is 11.2. The van der Waals surface area contributed by atoms with Gasteiger partial charge in [0.2, 0.25) is 0 Å². The molecule has 3 amide bonds. The van der Waals surface area contributed by atoms with Gasteiger partial charge >= 0.3 is 6.03 Å². The lowest BCUT2D eigenvalue weighted by Gasteiger charge is -2.26. The Morgan fingerprint density at radius 3 is 2.43 bits per heavy atom. The van der Waals surface area contributed by atoms with Gasteiger partial charge in [-0.25, -0.2) is 4.79 Å². The third-order valence-electron chi connectivity index (χ3n) is 3.81. The predicted octanol–water partition coefficient (Wildman–Crippen LogP) is 2.46. The van der Waals surface area contributed by atoms with Crippen molar-refractivity contribution in [2.45, 2.75) is 52.1 Å². The van der Waals surface area contributed by atoms with Crippen molar-refractivity contribution >= 4 is 17.6 Å². The van der Waals surface area contributed by atoms with E-state index in [2.05, 4.69) is 16.0 Å². The third kappa shape index (κ3) is 6.28. The Balaban J connectivity index is 2.68. The van der Waals surface area contributed by atoms with E-state index >= 15 is 0 Å². The van der Waals surface area contributed by atoms with Gasteiger partial charge in [0.25, 0.3) is 5.91 Å². The number of carbonyl (C=O) groups is 2. The van der Waals surface area contributed by atoms with E-state index in [1.54, 1.807) is 24.3 Å². The Bertz CT molecular complexity index is 539. The standard InChI is InChI=1S/C17H28N4O2/c1-5-17(18,6-2)11-19-15(22)13-8-7-9-14(10-13)21-16(23)20-12(3)4/h7-10,12H,5-6,11,18H2,1-4H3,(H,19,22)(H2,20,21,23). The minimum absolute atomic E-state index is 0.0437. The summed E-state index contributed by atoms with van der Waals surface area (Å²) in [4.78, 5) is 23.9. The number of anilines is 1. The lowest BCUT2D eigenvalue weighted by atomic mass is 9.94. The molecule has 1 rings (SSSR count). The Hall–Kier alpha value is -2.08. The molecule has 0 radical (unpaired) electrons. The second-order valence-electron chi connectivity index (χ2n) is 6.09. The molecule has 5 N–H and O–H groups in total. The van der Waals surface area contributed by atoms with E-state index in [0.29, 0.717) is 17.8 Å². The first-order chi connectivity index (χ1) is 10.8. The average Bonchev–Trinajstić information content (AvgIpc) is 2.51. The first kappa shape index (κ1) is 19.0. The van der Waals surface area contributed by atoms with Crippen LogP contribution in [-0.4, -0.2) is 30.1 Å². The largest absolute Gasteiger partial charge is 0.350 e. The van der Waals surface area contributed by atoms with Gasteiger partial charge in [0.1, 0.15) is 0 Å². The van der Waals surface area contributed by atoms with Crippen molar-refractivity contribution in [3.63, 3.8) is 0 Å². The third-order valence-corrected chi connectivity index (χ3v) is 3.81. The lowest BCUT2D eigenvalue weighted by molar-refractivity contribution is 0.0942. The molecular formula is C17H28N4O2. The summed E-state index contributed by atoms with van der Waals surface area (Å²) in [6, 6.07) is 6.57. The maximum atomic E-state index is 12.2. The molecule has 0 aliphatic rings. The van der Waals surface area contributed by atoms with E-state index in [9.17, 15) is 9.59 Å². The van der Waals surface area contributed by atoms with Crippen LogP contribution in [0.1, 0.15) is 50.9 Å². The highest BCUT2D eigenvalue weighted by molar-refractivity contribution is 5.96. The maximum absolute atomic E-state index is 12.2. The van der Waals surface area contributed by atoms with E-state index in [-0.39, 0.29) is 23.5 Å². The van der Waals surface area contributed by atoms with Crippen molar-refractivity contribution in [1.82, 2.24) is 10.6 Å². The smallest absolute Gasteiger partial charge is 0.319 e. The summed E-state index contributed by atoms with van der Waals surface area (Å²) < 4.78 is 0. The van der Waals surface area contributed by atoms with Crippen LogP contribution in [-0.2, 0) is 0 Å². The van der Waals surface area contributed by atoms with Gasteiger partial charge in [-0.2, -0.15) is 0 Å². The molecule has 0 saturated heterocycles. The monoisotopic (exact) mass is 320 g/mol. The Morgan fingerprint density at radius 2 is 1.87 bits per heavy atom. The summed E-state index contributed by atoms with van der Waals surface area (Å²) in [5.41, 5.74) is 6.86. The molecule has 0 spiro atoms. The van der Waals surface area contributed by atoms with Gasteiger partial charge in [-0.1, -0.05) is 19.9 Å². The fourth-order valence-corrected chi connectivity index (χ4v) is 2.03. The number of nitrogens with one attached hydrogen (secondary N) is 3. The summed E-state index contributed by atoms with van der Waals surface area (Å²) in [5, 5.41) is 8.30. The fraction of sp³-hybridized carbons (Fsp3) is 0.529. The van der Waals surface area contributed by atoms with E-state index < -0.39 is 0 Å². The Labute approximate surface area is 138 Å². The van der Waals surface area contributed by atoms with Gasteiger partial charge in [0.05, 0.1) is 0 Å². The van der Waals surface area contributed by atoms with E-state index in [4.69, 9.17) is 5.73 Å². The van der Waals surface area contributed by atoms with E-state index in [0.717, 1.165) is 12.8 Å². The summed E-state index contributed by atoms with van der Waals surface area (Å²) >= 11 is 0. The second kappa shape index (κ2) is 8.53. The highest BCUT2D eigenvalue weighted by Gasteiger charge is 2.21. The molecule has 23 heavy (non-hydrogen) atoms. The van der Waals surface area contributed by atoms with Crippen LogP contribution in [0.25, 0.3) is 0 Å². The first-order valence-corrected chi connectivity index (χ1v) is 8.04. The molecule has 0 atom stereocenters. The number of hydrogen-bond acceptors (Lipinski definition) is 3. The molecule has 0 unspecified atom stereocenters. The van der Waals surface area contributed by atoms with Crippen molar-refractivity contribution < 1.29 is 9.59 Å². The molecule has 6 nitrogen and oxygen atoms in total. The Morgan fingerprint density at radius 1 is 1.22 bits per heavy atom. The molecule has 0 heterocycles. The molecule has 0 aromatic heterocycles. The molecule has 128 valence electrons. The predicted molar refractivity (Wildman–Crippen MR) is 93.6 cm³/mol. The van der Waals surface area contributed by atoms with Crippen LogP contribution in [0.3, 0.4) is 0 Å². The molecule has 0 saturated carbocycles. The molecule has 6 heteroatoms. The molecule has 0 aliphatic carbocycles. The molecular weight excluding hydrogens is 292 g/mol. The van der Waals surface area contributed by atoms with Crippen LogP contribution >= 0.6 is 0 Å². The van der Waals surface area contributed by atoms with E-state index in [1.165, 1.54) is 0 Å². The molecule has 0 bridgehead atoms. The molecule has 0 aliphatic heterocycles. The summed E-state index contributed by atoms with van der Waals surface area (Å²) in [6.45, 7) is 8.19. The number of hydrogen-bond donors (Lipinski definition) is 4. The van der Waals surface area contributed by atoms with Crippen molar-refractivity contribution in [2.24, 2.45) is 5.73 Å². The zero-order chi connectivity index (χ0) is 17.5. The van der Waals surface area contributed by atoms with Gasteiger partial charge in [0, 0.05) is 29.4 Å². The second-order valence-corrected chi connectivity index (χ2v) is 6.09. The molecule has 1 aromatic rings. The quantitative estimate of drug-likeness (QED) is 0.621. The summed E-state index contributed by atoms with van der Waals surface area (Å²) in [7, 11) is 0. The minimum atomic E-state index is -0.386. The van der Waals surface area contributed by atoms with Gasteiger partial charge in [-0.15, -0.1) is 0 Å². The fourth-order valence-electron chi connectivity index (χ4n) is 2.03. The van der Waals surface area contributed by atoms with Gasteiger partial charge < -0.3 is 21.7 Å². The number of carbonyl (C=O) groups excluding carboxylic acids is 2. The van der Waals surface area contributed by atoms with Gasteiger partial charge in [-0.3, -0.25) is 4.79 Å². The SMILES string of the molecule is CCC(N)(CC)CNC(=O)c1cccc(NC(=O)NC(C)C)c1. The van der Waals surface area contributed by atoms with E-state index in [1.807, 2.05) is 27.7 Å². The van der Waals surface area contributed by atoms with Crippen molar-refractivity contribution in [3.8, 4) is 0 Å². The summed E-state index contributed by atoms with van der Waals surface area (Å²) in [6.07, 6.45) is 1.58. The minimum Gasteiger partial charge on any atom is -0.350 e. The van der Waals surface area contributed by atoms with Crippen LogP contribution < -0.4 is 21.7 Å². The van der Waals surface area contributed by atoms with Crippen LogP contribution in [0, 0.1) is 0 Å². The zero-order valence-electron chi connectivity index (χ0n) is 14.4. The highest BCUT2D eigenvalue weighted by atomic mass is 16.2. The lowest BCUT2D eigenvalue weighted by Crippen LogP contribution is -2.49. The highest BCUT2D eigenvalue weighted by Crippen LogP contribution is 2.12. The number of rotatable bonds is 7. The van der Waals surface area contributed by atoms with Crippen LogP contribution in [0.5, 0.6) is 0 Å². The van der Waals surface area contributed by atoms with Gasteiger partial charge in [-0.05, 0) is 44.9 Å². The number of amides is 3. The van der Waals surface area contributed by atoms with Gasteiger partial charge in [0.15, 0.2) is 0 Å². The topological polar surface area (TPSA) is 96.2 Å². The number of benzene rings is 1. The number of urea groups is 1. The van der Waals surface area contributed by atoms with Crippen molar-refractivity contribution in [3.05, 3.63) is 29.8 Å². The number of nitrogens with two attached hydrogens (primary N) is 1. The van der Waals surface area contributed by atoms with Crippen molar-refractivity contribution in [1.29, 1.82) is 0 Å².